The number of benzene rings is 1. The molecule has 1 spiro atoms. The first kappa shape index (κ1) is 24.5. The Morgan fingerprint density at radius 3 is 2.14 bits per heavy atom. The van der Waals surface area contributed by atoms with Crippen molar-refractivity contribution >= 4 is 0 Å². The lowest BCUT2D eigenvalue weighted by atomic mass is 9.16. The summed E-state index contributed by atoms with van der Waals surface area (Å²) in [6.45, 7) is 14.2. The van der Waals surface area contributed by atoms with Crippen molar-refractivity contribution in [2.45, 2.75) is 104 Å². The average Bonchev–Trinajstić information content (AvgIpc) is 3.50. The van der Waals surface area contributed by atoms with Crippen molar-refractivity contribution in [2.24, 2.45) is 52.8 Å². The van der Waals surface area contributed by atoms with Crippen molar-refractivity contribution in [1.82, 2.24) is 0 Å². The second kappa shape index (κ2) is 8.48. The molecule has 0 aromatic heterocycles. The van der Waals surface area contributed by atoms with Crippen LogP contribution in [0.25, 0.3) is 0 Å². The first-order valence-corrected chi connectivity index (χ1v) is 15.6. The number of hydrogen-bond donors (Lipinski definition) is 0. The zero-order chi connectivity index (χ0) is 25.7. The molecule has 7 atom stereocenters. The summed E-state index contributed by atoms with van der Waals surface area (Å²) in [5.41, 5.74) is 5.27. The molecule has 200 valence electrons. The van der Waals surface area contributed by atoms with E-state index in [0.717, 1.165) is 29.9 Å². The maximum absolute atomic E-state index is 7.30. The second-order valence-electron chi connectivity index (χ2n) is 14.8. The molecule has 7 rings (SSSR count). The molecule has 0 bridgehead atoms. The molecule has 1 aromatic carbocycles. The van der Waals surface area contributed by atoms with Crippen LogP contribution in [0.15, 0.2) is 47.6 Å². The molecule has 37 heavy (non-hydrogen) atoms. The molecule has 6 aliphatic carbocycles. The van der Waals surface area contributed by atoms with E-state index in [1.807, 2.05) is 0 Å². The Hall–Kier alpha value is -1.54. The highest BCUT2D eigenvalue weighted by atomic mass is 16.7. The third-order valence-corrected chi connectivity index (χ3v) is 11.8. The molecule has 6 aliphatic rings. The number of fused-ring (bicyclic) bond motifs is 1. The van der Waals surface area contributed by atoms with Crippen molar-refractivity contribution in [1.29, 1.82) is 0 Å². The third kappa shape index (κ3) is 3.60. The van der Waals surface area contributed by atoms with Gasteiger partial charge in [-0.3, -0.25) is 0 Å². The van der Waals surface area contributed by atoms with Gasteiger partial charge in [-0.05, 0) is 121 Å². The number of hydrogen-bond acceptors (Lipinski definition) is 2. The molecule has 0 saturated heterocycles. The van der Waals surface area contributed by atoms with Gasteiger partial charge in [-0.15, -0.1) is 0 Å². The molecule has 2 heteroatoms. The van der Waals surface area contributed by atoms with Gasteiger partial charge in [0.2, 0.25) is 6.29 Å². The highest BCUT2D eigenvalue weighted by Crippen LogP contribution is 2.90. The minimum atomic E-state index is -0.163. The van der Waals surface area contributed by atoms with Crippen LogP contribution in [0.3, 0.4) is 0 Å². The van der Waals surface area contributed by atoms with Gasteiger partial charge in [-0.1, -0.05) is 65.8 Å². The summed E-state index contributed by atoms with van der Waals surface area (Å²) in [5.74, 6) is 7.22. The molecule has 5 saturated carbocycles. The van der Waals surface area contributed by atoms with Gasteiger partial charge in [0.1, 0.15) is 5.75 Å². The van der Waals surface area contributed by atoms with Crippen LogP contribution in [-0.4, -0.2) is 11.9 Å². The van der Waals surface area contributed by atoms with Crippen LogP contribution >= 0.6 is 0 Å². The van der Waals surface area contributed by atoms with E-state index in [9.17, 15) is 0 Å². The summed E-state index contributed by atoms with van der Waals surface area (Å²) in [5, 5.41) is 0. The number of allylic oxidation sites excluding steroid dienone is 4. The topological polar surface area (TPSA) is 18.5 Å². The maximum atomic E-state index is 7.30. The van der Waals surface area contributed by atoms with Gasteiger partial charge < -0.3 is 9.47 Å². The zero-order valence-corrected chi connectivity index (χ0v) is 24.0. The van der Waals surface area contributed by atoms with E-state index >= 15 is 0 Å². The zero-order valence-electron chi connectivity index (χ0n) is 24.0. The van der Waals surface area contributed by atoms with Gasteiger partial charge in [0.25, 0.3) is 0 Å². The fourth-order valence-corrected chi connectivity index (χ4v) is 10.0. The van der Waals surface area contributed by atoms with E-state index < -0.39 is 0 Å². The highest BCUT2D eigenvalue weighted by Gasteiger charge is 2.89. The molecule has 7 unspecified atom stereocenters. The Bertz CT molecular complexity index is 1080. The minimum Gasteiger partial charge on any atom is -0.465 e. The molecule has 0 radical (unpaired) electrons. The molecule has 2 nitrogen and oxygen atoms in total. The van der Waals surface area contributed by atoms with Gasteiger partial charge in [0, 0.05) is 11.3 Å². The van der Waals surface area contributed by atoms with E-state index in [1.165, 1.54) is 44.1 Å². The standard InChI is InChI=1S/C35H48O2/c1-20(2)11-31(21(3)4)24-7-9-30(10-8-24)36-33(32-13-22(5)12-25-15-26(25)14-23(32)6)37-34-18-28-16-27-17-29(19-34)35(27,28)34/h7-10,12,14,20-23,27-29,31-33H,11,13,15-19H2,1-6H3/b25-12-,26-14-. The largest absolute Gasteiger partial charge is 0.465 e. The van der Waals surface area contributed by atoms with Crippen molar-refractivity contribution in [3.05, 3.63) is 53.1 Å². The van der Waals surface area contributed by atoms with Crippen LogP contribution in [-0.2, 0) is 4.74 Å². The van der Waals surface area contributed by atoms with Crippen molar-refractivity contribution in [2.75, 3.05) is 0 Å². The summed E-state index contributed by atoms with van der Waals surface area (Å²) >= 11 is 0. The van der Waals surface area contributed by atoms with E-state index in [1.54, 1.807) is 11.1 Å². The molecule has 1 aromatic rings. The predicted octanol–water partition coefficient (Wildman–Crippen LogP) is 8.93. The lowest BCUT2D eigenvalue weighted by Crippen LogP contribution is -2.90. The third-order valence-electron chi connectivity index (χ3n) is 11.8. The first-order chi connectivity index (χ1) is 17.7. The van der Waals surface area contributed by atoms with Crippen LogP contribution in [0.1, 0.15) is 98.0 Å². The molecule has 0 aliphatic heterocycles. The SMILES string of the molecule is CC(C)CC(c1ccc(OC(OC23CC4CC5CC(C2)C543)C2CC(C)/C=C3/C/C3=C/C2C)cc1)C(C)C. The van der Waals surface area contributed by atoms with E-state index in [4.69, 9.17) is 9.47 Å². The Morgan fingerprint density at radius 2 is 1.54 bits per heavy atom. The quantitative estimate of drug-likeness (QED) is 0.315. The summed E-state index contributed by atoms with van der Waals surface area (Å²) < 4.78 is 14.2. The van der Waals surface area contributed by atoms with E-state index in [0.29, 0.717) is 40.9 Å². The monoisotopic (exact) mass is 500 g/mol. The van der Waals surface area contributed by atoms with Crippen LogP contribution in [0.2, 0.25) is 0 Å². The number of ether oxygens (including phenoxy) is 2. The van der Waals surface area contributed by atoms with E-state index in [-0.39, 0.29) is 11.9 Å². The molecular weight excluding hydrogens is 452 g/mol. The smallest absolute Gasteiger partial charge is 0.203 e. The molecule has 0 amide bonds. The van der Waals surface area contributed by atoms with Crippen LogP contribution in [0.4, 0.5) is 0 Å². The number of rotatable bonds is 9. The normalized spacial score (nSPS) is 45.0. The van der Waals surface area contributed by atoms with Crippen LogP contribution < -0.4 is 4.74 Å². The average molecular weight is 501 g/mol. The van der Waals surface area contributed by atoms with Gasteiger partial charge in [-0.2, -0.15) is 0 Å². The molecule has 0 heterocycles. The predicted molar refractivity (Wildman–Crippen MR) is 150 cm³/mol. The van der Waals surface area contributed by atoms with Crippen molar-refractivity contribution in [3.8, 4) is 5.75 Å². The van der Waals surface area contributed by atoms with Crippen molar-refractivity contribution < 1.29 is 9.47 Å². The minimum absolute atomic E-state index is 0.118. The second-order valence-corrected chi connectivity index (χ2v) is 14.8. The summed E-state index contributed by atoms with van der Waals surface area (Å²) in [4.78, 5) is 0. The Morgan fingerprint density at radius 1 is 0.865 bits per heavy atom. The van der Waals surface area contributed by atoms with Gasteiger partial charge in [0.05, 0.1) is 5.60 Å². The fourth-order valence-electron chi connectivity index (χ4n) is 10.0. The maximum Gasteiger partial charge on any atom is 0.203 e. The highest BCUT2D eigenvalue weighted by molar-refractivity contribution is 5.51. The fraction of sp³-hybridized carbons (Fsp3) is 0.714. The molecule has 0 N–H and O–H groups in total. The first-order valence-electron chi connectivity index (χ1n) is 15.6. The lowest BCUT2D eigenvalue weighted by molar-refractivity contribution is -0.478. The van der Waals surface area contributed by atoms with Gasteiger partial charge in [0.15, 0.2) is 0 Å². The summed E-state index contributed by atoms with van der Waals surface area (Å²) in [7, 11) is 0. The van der Waals surface area contributed by atoms with E-state index in [2.05, 4.69) is 78.0 Å². The Labute approximate surface area is 225 Å². The Balaban J connectivity index is 1.15. The van der Waals surface area contributed by atoms with Gasteiger partial charge >= 0.3 is 0 Å². The van der Waals surface area contributed by atoms with Crippen LogP contribution in [0, 0.1) is 52.8 Å². The van der Waals surface area contributed by atoms with Crippen molar-refractivity contribution in [3.63, 3.8) is 0 Å². The Kier molecular flexibility index (Phi) is 5.61. The summed E-state index contributed by atoms with van der Waals surface area (Å²) in [6.07, 6.45) is 14.0. The molecular formula is C35H48O2. The molecule has 5 fully saturated rings. The summed E-state index contributed by atoms with van der Waals surface area (Å²) in [6, 6.07) is 9.12. The van der Waals surface area contributed by atoms with Gasteiger partial charge in [-0.25, -0.2) is 0 Å². The van der Waals surface area contributed by atoms with Crippen LogP contribution in [0.5, 0.6) is 5.75 Å². The lowest BCUT2D eigenvalue weighted by Gasteiger charge is -2.90.